The van der Waals surface area contributed by atoms with E-state index in [0.29, 0.717) is 43.2 Å². The van der Waals surface area contributed by atoms with Crippen LogP contribution >= 0.6 is 15.9 Å². The number of nitrogens with zero attached hydrogens (tertiary/aromatic N) is 1. The number of aliphatic hydroxyl groups is 1. The number of carbonyl (C=O) groups is 1. The minimum atomic E-state index is -1.35. The van der Waals surface area contributed by atoms with E-state index in [1.807, 2.05) is 91.0 Å². The molecule has 0 saturated carbocycles. The van der Waals surface area contributed by atoms with Gasteiger partial charge in [-0.3, -0.25) is 4.79 Å². The van der Waals surface area contributed by atoms with Crippen LogP contribution in [0.5, 0.6) is 5.75 Å². The van der Waals surface area contributed by atoms with Gasteiger partial charge in [-0.25, -0.2) is 9.38 Å². The van der Waals surface area contributed by atoms with Gasteiger partial charge in [-0.1, -0.05) is 101 Å². The normalized spacial score (nSPS) is 17.0. The number of rotatable bonds is 13. The van der Waals surface area contributed by atoms with Crippen molar-refractivity contribution in [2.24, 2.45) is 4.99 Å². The first kappa shape index (κ1) is 33.1. The first-order valence-corrected chi connectivity index (χ1v) is 16.8. The molecule has 0 fully saturated rings. The van der Waals surface area contributed by atoms with Crippen LogP contribution in [0.1, 0.15) is 34.8 Å². The maximum absolute atomic E-state index is 14.6. The molecule has 1 amide bonds. The summed E-state index contributed by atoms with van der Waals surface area (Å²) in [6.45, 7) is 0.802. The van der Waals surface area contributed by atoms with Crippen molar-refractivity contribution in [3.63, 3.8) is 0 Å². The molecule has 0 unspecified atom stereocenters. The second kappa shape index (κ2) is 15.4. The van der Waals surface area contributed by atoms with Crippen molar-refractivity contribution in [2.45, 2.75) is 30.9 Å². The van der Waals surface area contributed by atoms with Crippen molar-refractivity contribution in [2.75, 3.05) is 19.8 Å². The molecule has 1 aliphatic heterocycles. The number of nitrogens with one attached hydrogen (secondary N) is 1. The average molecular weight is 708 g/mol. The first-order chi connectivity index (χ1) is 23.4. The van der Waals surface area contributed by atoms with Gasteiger partial charge in [0.2, 0.25) is 5.90 Å². The van der Waals surface area contributed by atoms with Crippen LogP contribution in [0.15, 0.2) is 137 Å². The maximum Gasteiger partial charge on any atom is 0.252 e. The first-order valence-electron chi connectivity index (χ1n) is 16.0. The summed E-state index contributed by atoms with van der Waals surface area (Å²) >= 11 is 3.69. The highest BCUT2D eigenvalue weighted by Crippen LogP contribution is 2.43. The Balaban J connectivity index is 1.38. The van der Waals surface area contributed by atoms with E-state index in [1.54, 1.807) is 12.1 Å². The molecule has 8 heteroatoms. The minimum Gasteiger partial charge on any atom is -0.494 e. The van der Waals surface area contributed by atoms with E-state index in [2.05, 4.69) is 33.4 Å². The van der Waals surface area contributed by atoms with Gasteiger partial charge in [-0.05, 0) is 76.7 Å². The topological polar surface area (TPSA) is 80.2 Å². The number of hydrogen-bond acceptors (Lipinski definition) is 5. The van der Waals surface area contributed by atoms with Gasteiger partial charge in [-0.2, -0.15) is 0 Å². The molecular formula is C40H36BrFN2O4. The third kappa shape index (κ3) is 7.67. The van der Waals surface area contributed by atoms with Gasteiger partial charge in [0.05, 0.1) is 6.61 Å². The van der Waals surface area contributed by atoms with Crippen molar-refractivity contribution < 1.29 is 23.8 Å². The molecule has 6 rings (SSSR count). The fourth-order valence-corrected chi connectivity index (χ4v) is 6.24. The lowest BCUT2D eigenvalue weighted by Crippen LogP contribution is -2.50. The Kier molecular flexibility index (Phi) is 10.6. The summed E-state index contributed by atoms with van der Waals surface area (Å²) in [7, 11) is 0. The summed E-state index contributed by atoms with van der Waals surface area (Å²) in [6.07, 6.45) is 0.600. The minimum absolute atomic E-state index is 0.0576. The molecule has 2 atom stereocenters. The van der Waals surface area contributed by atoms with Gasteiger partial charge in [0.15, 0.2) is 11.6 Å². The van der Waals surface area contributed by atoms with E-state index >= 15 is 0 Å². The second-order valence-electron chi connectivity index (χ2n) is 11.7. The number of halogens is 2. The lowest BCUT2D eigenvalue weighted by molar-refractivity contribution is -0.128. The molecular weight excluding hydrogens is 671 g/mol. The lowest BCUT2D eigenvalue weighted by Gasteiger charge is -2.31. The van der Waals surface area contributed by atoms with Gasteiger partial charge in [0.1, 0.15) is 11.6 Å². The summed E-state index contributed by atoms with van der Waals surface area (Å²) in [5.41, 5.74) is 4.15. The fourth-order valence-electron chi connectivity index (χ4n) is 5.82. The van der Waals surface area contributed by atoms with Crippen molar-refractivity contribution in [1.29, 1.82) is 0 Å². The van der Waals surface area contributed by atoms with Crippen LogP contribution in [0.4, 0.5) is 4.39 Å². The van der Waals surface area contributed by atoms with Gasteiger partial charge in [0, 0.05) is 36.0 Å². The van der Waals surface area contributed by atoms with E-state index in [-0.39, 0.29) is 24.8 Å². The Hall–Kier alpha value is -4.79. The molecule has 1 aliphatic rings. The van der Waals surface area contributed by atoms with E-state index in [9.17, 15) is 9.18 Å². The predicted molar refractivity (Wildman–Crippen MR) is 190 cm³/mol. The Bertz CT molecular complexity index is 1850. The van der Waals surface area contributed by atoms with Crippen molar-refractivity contribution in [1.82, 2.24) is 5.32 Å². The zero-order valence-electron chi connectivity index (χ0n) is 26.3. The molecule has 0 spiro atoms. The summed E-state index contributed by atoms with van der Waals surface area (Å²) in [6, 6.07) is 39.7. The van der Waals surface area contributed by atoms with E-state index in [0.717, 1.165) is 32.3 Å². The lowest BCUT2D eigenvalue weighted by atomic mass is 9.81. The van der Waals surface area contributed by atoms with E-state index < -0.39 is 11.6 Å². The van der Waals surface area contributed by atoms with Crippen LogP contribution < -0.4 is 10.1 Å². The molecule has 5 aromatic rings. The number of benzene rings is 5. The quantitative estimate of drug-likeness (QED) is 0.122. The summed E-state index contributed by atoms with van der Waals surface area (Å²) in [4.78, 5) is 19.7. The zero-order valence-corrected chi connectivity index (χ0v) is 27.9. The molecule has 0 aromatic heterocycles. The number of carbonyl (C=O) groups excluding carboxylic acids is 1. The molecule has 1 heterocycles. The number of ether oxygens (including phenoxy) is 2. The number of hydrogen-bond donors (Lipinski definition) is 2. The van der Waals surface area contributed by atoms with Crippen molar-refractivity contribution >= 4 is 27.7 Å². The Morgan fingerprint density at radius 1 is 0.854 bits per heavy atom. The van der Waals surface area contributed by atoms with Crippen molar-refractivity contribution in [3.05, 3.63) is 160 Å². The van der Waals surface area contributed by atoms with Gasteiger partial charge in [-0.15, -0.1) is 0 Å². The number of amides is 1. The number of aliphatic imine (C=N–C) groups is 1. The second-order valence-corrected chi connectivity index (χ2v) is 12.5. The molecule has 5 aromatic carbocycles. The van der Waals surface area contributed by atoms with Crippen LogP contribution in [-0.4, -0.2) is 42.2 Å². The summed E-state index contributed by atoms with van der Waals surface area (Å²) in [5.74, 6) is 0.453. The highest BCUT2D eigenvalue weighted by molar-refractivity contribution is 9.10. The van der Waals surface area contributed by atoms with Gasteiger partial charge in [0.25, 0.3) is 5.91 Å². The van der Waals surface area contributed by atoms with Crippen LogP contribution in [0, 0.1) is 5.82 Å². The SMILES string of the molecule is O=C(NCCc1ccc(F)cc1)[C@]1(Cc2ccccc2Br)N=C(c2ccc(OCCCO)cc2)O[C@@H]1c1ccc(-c2ccccc2)cc1. The van der Waals surface area contributed by atoms with Crippen LogP contribution in [0.25, 0.3) is 11.1 Å². The third-order valence-corrected chi connectivity index (χ3v) is 9.15. The largest absolute Gasteiger partial charge is 0.494 e. The van der Waals surface area contributed by atoms with Crippen LogP contribution in [0.3, 0.4) is 0 Å². The van der Waals surface area contributed by atoms with Crippen LogP contribution in [0.2, 0.25) is 0 Å². The highest BCUT2D eigenvalue weighted by atomic mass is 79.9. The molecule has 0 saturated heterocycles. The Morgan fingerprint density at radius 3 is 2.23 bits per heavy atom. The molecule has 244 valence electrons. The summed E-state index contributed by atoms with van der Waals surface area (Å²) < 4.78 is 26.8. The molecule has 2 N–H and O–H groups in total. The molecule has 0 radical (unpaired) electrons. The Morgan fingerprint density at radius 2 is 1.52 bits per heavy atom. The van der Waals surface area contributed by atoms with E-state index in [4.69, 9.17) is 19.6 Å². The standard InChI is InChI=1S/C40H36BrFN2O4/c41-36-10-5-4-9-33(36)27-40(39(46)43-24-23-28-11-19-34(42)20-12-28)37(31-15-13-30(14-16-31)29-7-2-1-3-8-29)48-38(44-40)32-17-21-35(22-18-32)47-26-6-25-45/h1-5,7-22,37,45H,6,23-27H2,(H,43,46)/t37-,40-/m1/s1. The van der Waals surface area contributed by atoms with Gasteiger partial charge >= 0.3 is 0 Å². The maximum atomic E-state index is 14.6. The predicted octanol–water partition coefficient (Wildman–Crippen LogP) is 7.87. The summed E-state index contributed by atoms with van der Waals surface area (Å²) in [5, 5.41) is 12.2. The highest BCUT2D eigenvalue weighted by Gasteiger charge is 2.53. The van der Waals surface area contributed by atoms with Crippen LogP contribution in [-0.2, 0) is 22.4 Å². The van der Waals surface area contributed by atoms with Gasteiger partial charge < -0.3 is 19.9 Å². The molecule has 0 bridgehead atoms. The zero-order chi connectivity index (χ0) is 33.3. The number of aliphatic hydroxyl groups excluding tert-OH is 1. The Labute approximate surface area is 288 Å². The van der Waals surface area contributed by atoms with Crippen molar-refractivity contribution in [3.8, 4) is 16.9 Å². The fraction of sp³-hybridized carbons (Fsp3) is 0.200. The molecule has 48 heavy (non-hydrogen) atoms. The smallest absolute Gasteiger partial charge is 0.252 e. The monoisotopic (exact) mass is 706 g/mol. The average Bonchev–Trinajstić information content (AvgIpc) is 3.51. The third-order valence-electron chi connectivity index (χ3n) is 8.38. The molecule has 0 aliphatic carbocycles. The molecule has 6 nitrogen and oxygen atoms in total. The van der Waals surface area contributed by atoms with E-state index in [1.165, 1.54) is 12.1 Å².